The Hall–Kier alpha value is -1.75. The second kappa shape index (κ2) is 6.26. The molecule has 0 saturated carbocycles. The maximum atomic E-state index is 11.6. The van der Waals surface area contributed by atoms with Crippen molar-refractivity contribution in [1.82, 2.24) is 5.32 Å². The number of hydrogen-bond donors (Lipinski definition) is 2. The van der Waals surface area contributed by atoms with E-state index < -0.39 is 11.8 Å². The van der Waals surface area contributed by atoms with E-state index in [2.05, 4.69) is 10.6 Å². The van der Waals surface area contributed by atoms with Gasteiger partial charge in [0.05, 0.1) is 12.8 Å². The molecule has 0 aliphatic carbocycles. The highest BCUT2D eigenvalue weighted by Crippen LogP contribution is 2.27. The number of carbonyl (C=O) groups excluding carboxylic acids is 2. The molecule has 0 aromatic heterocycles. The van der Waals surface area contributed by atoms with Crippen LogP contribution in [0.1, 0.15) is 13.8 Å². The zero-order valence-electron chi connectivity index (χ0n) is 10.4. The van der Waals surface area contributed by atoms with Gasteiger partial charge in [0.1, 0.15) is 5.75 Å². The lowest BCUT2D eigenvalue weighted by Crippen LogP contribution is -2.39. The molecule has 1 rings (SSSR count). The molecule has 0 fully saturated rings. The predicted octanol–water partition coefficient (Wildman–Crippen LogP) is 1.81. The molecule has 0 bridgehead atoms. The summed E-state index contributed by atoms with van der Waals surface area (Å²) in [6.45, 7) is 3.54. The van der Waals surface area contributed by atoms with Crippen LogP contribution in [0.2, 0.25) is 5.02 Å². The molecule has 0 aliphatic heterocycles. The molecular formula is C12H15ClN2O3. The summed E-state index contributed by atoms with van der Waals surface area (Å²) in [5.41, 5.74) is 0.355. The second-order valence-corrected chi connectivity index (χ2v) is 4.36. The van der Waals surface area contributed by atoms with Gasteiger partial charge in [-0.05, 0) is 32.0 Å². The van der Waals surface area contributed by atoms with Crippen LogP contribution in [0.5, 0.6) is 5.75 Å². The number of benzene rings is 1. The molecular weight excluding hydrogens is 256 g/mol. The quantitative estimate of drug-likeness (QED) is 0.823. The lowest BCUT2D eigenvalue weighted by molar-refractivity contribution is -0.136. The van der Waals surface area contributed by atoms with E-state index in [1.165, 1.54) is 13.2 Å². The zero-order chi connectivity index (χ0) is 13.7. The van der Waals surface area contributed by atoms with Gasteiger partial charge in [0.2, 0.25) is 0 Å². The van der Waals surface area contributed by atoms with Crippen LogP contribution in [0.4, 0.5) is 5.69 Å². The van der Waals surface area contributed by atoms with Crippen LogP contribution in [0, 0.1) is 0 Å². The molecule has 0 atom stereocenters. The minimum atomic E-state index is -0.760. The molecule has 1 aromatic rings. The number of ether oxygens (including phenoxy) is 1. The molecule has 2 N–H and O–H groups in total. The average Bonchev–Trinajstić information content (AvgIpc) is 2.28. The van der Waals surface area contributed by atoms with Gasteiger partial charge in [-0.1, -0.05) is 11.6 Å². The first-order valence-electron chi connectivity index (χ1n) is 5.39. The van der Waals surface area contributed by atoms with E-state index in [1.54, 1.807) is 26.0 Å². The number of carbonyl (C=O) groups is 2. The highest BCUT2D eigenvalue weighted by molar-refractivity contribution is 6.40. The normalized spacial score (nSPS) is 10.1. The fourth-order valence-corrected chi connectivity index (χ4v) is 1.46. The highest BCUT2D eigenvalue weighted by Gasteiger charge is 2.16. The summed E-state index contributed by atoms with van der Waals surface area (Å²) >= 11 is 5.81. The first kappa shape index (κ1) is 14.3. The van der Waals surface area contributed by atoms with E-state index in [9.17, 15) is 9.59 Å². The van der Waals surface area contributed by atoms with Crippen molar-refractivity contribution < 1.29 is 14.3 Å². The zero-order valence-corrected chi connectivity index (χ0v) is 11.2. The van der Waals surface area contributed by atoms with Gasteiger partial charge in [-0.3, -0.25) is 9.59 Å². The van der Waals surface area contributed by atoms with Gasteiger partial charge in [-0.2, -0.15) is 0 Å². The Morgan fingerprint density at radius 2 is 1.94 bits per heavy atom. The molecule has 18 heavy (non-hydrogen) atoms. The standard InChI is InChI=1S/C12H15ClN2O3/c1-7(2)14-11(16)12(17)15-9-6-8(13)4-5-10(9)18-3/h4-7H,1-3H3,(H,14,16)(H,15,17). The summed E-state index contributed by atoms with van der Waals surface area (Å²) in [5.74, 6) is -1.03. The van der Waals surface area contributed by atoms with Crippen molar-refractivity contribution in [1.29, 1.82) is 0 Å². The van der Waals surface area contributed by atoms with Gasteiger partial charge in [-0.25, -0.2) is 0 Å². The molecule has 5 nitrogen and oxygen atoms in total. The maximum Gasteiger partial charge on any atom is 0.313 e. The molecule has 0 heterocycles. The van der Waals surface area contributed by atoms with Crippen LogP contribution in [0.25, 0.3) is 0 Å². The molecule has 1 aromatic carbocycles. The molecule has 0 saturated heterocycles. The van der Waals surface area contributed by atoms with Crippen LogP contribution in [0.3, 0.4) is 0 Å². The third kappa shape index (κ3) is 3.92. The number of halogens is 1. The maximum absolute atomic E-state index is 11.6. The number of methoxy groups -OCH3 is 1. The number of nitrogens with one attached hydrogen (secondary N) is 2. The van der Waals surface area contributed by atoms with Crippen LogP contribution in [-0.2, 0) is 9.59 Å². The lowest BCUT2D eigenvalue weighted by atomic mass is 10.3. The number of hydrogen-bond acceptors (Lipinski definition) is 3. The predicted molar refractivity (Wildman–Crippen MR) is 69.9 cm³/mol. The molecule has 0 radical (unpaired) electrons. The third-order valence-electron chi connectivity index (χ3n) is 2.04. The van der Waals surface area contributed by atoms with Crippen LogP contribution in [0.15, 0.2) is 18.2 Å². The SMILES string of the molecule is COc1ccc(Cl)cc1NC(=O)C(=O)NC(C)C. The highest BCUT2D eigenvalue weighted by atomic mass is 35.5. The second-order valence-electron chi connectivity index (χ2n) is 3.93. The summed E-state index contributed by atoms with van der Waals surface area (Å²) in [6, 6.07) is 4.65. The van der Waals surface area contributed by atoms with Crippen molar-refractivity contribution in [2.45, 2.75) is 19.9 Å². The van der Waals surface area contributed by atoms with Crippen molar-refractivity contribution in [3.63, 3.8) is 0 Å². The summed E-state index contributed by atoms with van der Waals surface area (Å²) in [5, 5.41) is 5.38. The third-order valence-corrected chi connectivity index (χ3v) is 2.27. The average molecular weight is 271 g/mol. The van der Waals surface area contributed by atoms with Crippen molar-refractivity contribution >= 4 is 29.1 Å². The smallest absolute Gasteiger partial charge is 0.313 e. The van der Waals surface area contributed by atoms with E-state index in [4.69, 9.17) is 16.3 Å². The van der Waals surface area contributed by atoms with Gasteiger partial charge in [0, 0.05) is 11.1 Å². The van der Waals surface area contributed by atoms with Crippen LogP contribution >= 0.6 is 11.6 Å². The Morgan fingerprint density at radius 1 is 1.28 bits per heavy atom. The van der Waals surface area contributed by atoms with E-state index in [1.807, 2.05) is 0 Å². The van der Waals surface area contributed by atoms with E-state index in [0.717, 1.165) is 0 Å². The first-order chi connectivity index (χ1) is 8.43. The minimum Gasteiger partial charge on any atom is -0.495 e. The van der Waals surface area contributed by atoms with Gasteiger partial charge in [0.25, 0.3) is 0 Å². The van der Waals surface area contributed by atoms with E-state index >= 15 is 0 Å². The number of rotatable bonds is 3. The van der Waals surface area contributed by atoms with Crippen LogP contribution in [-0.4, -0.2) is 25.0 Å². The van der Waals surface area contributed by atoms with E-state index in [-0.39, 0.29) is 6.04 Å². The van der Waals surface area contributed by atoms with Crippen molar-refractivity contribution in [3.05, 3.63) is 23.2 Å². The Labute approximate surface area is 110 Å². The van der Waals surface area contributed by atoms with Gasteiger partial charge in [-0.15, -0.1) is 0 Å². The molecule has 0 unspecified atom stereocenters. The molecule has 0 spiro atoms. The summed E-state index contributed by atoms with van der Waals surface area (Å²) in [6.07, 6.45) is 0. The fourth-order valence-electron chi connectivity index (χ4n) is 1.28. The summed E-state index contributed by atoms with van der Waals surface area (Å²) in [7, 11) is 1.47. The van der Waals surface area contributed by atoms with E-state index in [0.29, 0.717) is 16.5 Å². The minimum absolute atomic E-state index is 0.107. The monoisotopic (exact) mass is 270 g/mol. The lowest BCUT2D eigenvalue weighted by Gasteiger charge is -2.11. The number of amides is 2. The van der Waals surface area contributed by atoms with Crippen molar-refractivity contribution in [2.24, 2.45) is 0 Å². The van der Waals surface area contributed by atoms with Gasteiger partial charge < -0.3 is 15.4 Å². The summed E-state index contributed by atoms with van der Waals surface area (Å²) < 4.78 is 5.06. The van der Waals surface area contributed by atoms with Gasteiger partial charge >= 0.3 is 11.8 Å². The Balaban J connectivity index is 2.81. The Bertz CT molecular complexity index is 461. The number of anilines is 1. The van der Waals surface area contributed by atoms with Gasteiger partial charge in [0.15, 0.2) is 0 Å². The Morgan fingerprint density at radius 3 is 2.50 bits per heavy atom. The molecule has 98 valence electrons. The van der Waals surface area contributed by atoms with Crippen molar-refractivity contribution in [2.75, 3.05) is 12.4 Å². The van der Waals surface area contributed by atoms with Crippen molar-refractivity contribution in [3.8, 4) is 5.75 Å². The summed E-state index contributed by atoms with van der Waals surface area (Å²) in [4.78, 5) is 23.1. The largest absolute Gasteiger partial charge is 0.495 e. The molecule has 0 aliphatic rings. The fraction of sp³-hybridized carbons (Fsp3) is 0.333. The van der Waals surface area contributed by atoms with Crippen LogP contribution < -0.4 is 15.4 Å². The molecule has 2 amide bonds. The molecule has 6 heteroatoms. The first-order valence-corrected chi connectivity index (χ1v) is 5.77. The Kier molecular flexibility index (Phi) is 4.97. The topological polar surface area (TPSA) is 67.4 Å².